The van der Waals surface area contributed by atoms with Crippen molar-refractivity contribution in [1.82, 2.24) is 20.1 Å². The van der Waals surface area contributed by atoms with Gasteiger partial charge < -0.3 is 15.4 Å². The van der Waals surface area contributed by atoms with E-state index < -0.39 is 5.54 Å². The van der Waals surface area contributed by atoms with E-state index in [1.54, 1.807) is 24.6 Å². The van der Waals surface area contributed by atoms with Crippen LogP contribution in [0.1, 0.15) is 58.0 Å². The Bertz CT molecular complexity index is 1520. The van der Waals surface area contributed by atoms with Gasteiger partial charge in [0.25, 0.3) is 5.91 Å². The van der Waals surface area contributed by atoms with Crippen molar-refractivity contribution in [2.45, 2.75) is 44.7 Å². The summed E-state index contributed by atoms with van der Waals surface area (Å²) in [4.78, 5) is 24.9. The van der Waals surface area contributed by atoms with Gasteiger partial charge in [0.1, 0.15) is 10.8 Å². The van der Waals surface area contributed by atoms with E-state index in [4.69, 9.17) is 10.5 Å². The van der Waals surface area contributed by atoms with Gasteiger partial charge >= 0.3 is 0 Å². The van der Waals surface area contributed by atoms with Crippen LogP contribution in [-0.4, -0.2) is 51.0 Å². The molecule has 2 aromatic carbocycles. The van der Waals surface area contributed by atoms with Gasteiger partial charge in [-0.3, -0.25) is 14.9 Å². The minimum atomic E-state index is -0.869. The molecule has 9 heteroatoms. The number of nitrogens with zero attached hydrogens (tertiary/aromatic N) is 4. The van der Waals surface area contributed by atoms with Crippen molar-refractivity contribution in [2.75, 3.05) is 13.6 Å². The van der Waals surface area contributed by atoms with Gasteiger partial charge in [0.15, 0.2) is 0 Å². The Hall–Kier alpha value is -4.08. The number of aryl methyl sites for hydroxylation is 1. The van der Waals surface area contributed by atoms with Gasteiger partial charge in [-0.1, -0.05) is 36.9 Å². The molecule has 1 amide bonds. The topological polar surface area (TPSA) is 109 Å². The number of amides is 1. The van der Waals surface area contributed by atoms with Gasteiger partial charge in [-0.2, -0.15) is 5.10 Å². The molecule has 4 aromatic rings. The highest BCUT2D eigenvalue weighted by Crippen LogP contribution is 2.36. The summed E-state index contributed by atoms with van der Waals surface area (Å²) in [5.41, 5.74) is 10.6. The molecular formula is C31H34N6O2S. The highest BCUT2D eigenvalue weighted by atomic mass is 32.1. The molecule has 0 bridgehead atoms. The third kappa shape index (κ3) is 5.90. The monoisotopic (exact) mass is 554 g/mol. The van der Waals surface area contributed by atoms with Crippen LogP contribution in [-0.2, 0) is 11.2 Å². The van der Waals surface area contributed by atoms with Crippen LogP contribution < -0.4 is 5.73 Å². The van der Waals surface area contributed by atoms with Gasteiger partial charge in [-0.15, -0.1) is 11.3 Å². The fraction of sp³-hybridized carbons (Fsp3) is 0.290. The van der Waals surface area contributed by atoms with Crippen LogP contribution in [0.4, 0.5) is 0 Å². The summed E-state index contributed by atoms with van der Waals surface area (Å²) in [6, 6.07) is 17.4. The lowest BCUT2D eigenvalue weighted by Crippen LogP contribution is -2.48. The van der Waals surface area contributed by atoms with Crippen molar-refractivity contribution in [1.29, 1.82) is 0 Å². The number of nitrogens with one attached hydrogen (secondary N) is 1. The van der Waals surface area contributed by atoms with E-state index in [2.05, 4.69) is 26.8 Å². The zero-order valence-corrected chi connectivity index (χ0v) is 23.9. The number of aliphatic imine (C=N–C) groups is 1. The molecule has 1 aliphatic heterocycles. The maximum atomic E-state index is 13.9. The summed E-state index contributed by atoms with van der Waals surface area (Å²) in [5.74, 6) is 0.655. The average molecular weight is 555 g/mol. The lowest BCUT2D eigenvalue weighted by Gasteiger charge is -2.27. The Morgan fingerprint density at radius 3 is 2.70 bits per heavy atom. The molecule has 2 atom stereocenters. The molecule has 0 aliphatic carbocycles. The van der Waals surface area contributed by atoms with E-state index in [-0.39, 0.29) is 11.9 Å². The third-order valence-corrected chi connectivity index (χ3v) is 8.12. The van der Waals surface area contributed by atoms with Gasteiger partial charge in [0.05, 0.1) is 17.3 Å². The van der Waals surface area contributed by atoms with E-state index in [1.807, 2.05) is 78.7 Å². The number of nitrogens with two attached hydrogens (primary N) is 1. The van der Waals surface area contributed by atoms with E-state index >= 15 is 0 Å². The fourth-order valence-corrected chi connectivity index (χ4v) is 6.07. The van der Waals surface area contributed by atoms with Gasteiger partial charge in [0.2, 0.25) is 5.90 Å². The van der Waals surface area contributed by atoms with Crippen LogP contribution in [0.5, 0.6) is 0 Å². The summed E-state index contributed by atoms with van der Waals surface area (Å²) in [5, 5.41) is 10.2. The van der Waals surface area contributed by atoms with Crippen molar-refractivity contribution < 1.29 is 9.53 Å². The van der Waals surface area contributed by atoms with E-state index in [1.165, 1.54) is 0 Å². The van der Waals surface area contributed by atoms with Gasteiger partial charge in [-0.05, 0) is 62.9 Å². The van der Waals surface area contributed by atoms with Crippen LogP contribution in [0.3, 0.4) is 0 Å². The normalized spacial score (nSPS) is 17.1. The number of hydrogen-bond acceptors (Lipinski definition) is 7. The molecule has 8 nitrogen and oxygen atoms in total. The SMILES string of the molecule is C=C(O/C(=N\C)C(C)(N)Cc1ccccc1)c1cc(C(=O)N2CCC[C@@H]2c2nc(C)cs2)cc(-c2cc[nH]n2)c1. The molecule has 3 heterocycles. The number of H-pyrrole nitrogens is 1. The molecule has 1 saturated heterocycles. The zero-order chi connectivity index (χ0) is 28.3. The quantitative estimate of drug-likeness (QED) is 0.163. The predicted octanol–water partition coefficient (Wildman–Crippen LogP) is 5.79. The van der Waals surface area contributed by atoms with Crippen LogP contribution in [0.15, 0.2) is 77.7 Å². The number of thiazole rings is 1. The number of hydrogen-bond donors (Lipinski definition) is 2. The molecule has 40 heavy (non-hydrogen) atoms. The molecule has 2 aromatic heterocycles. The largest absolute Gasteiger partial charge is 0.441 e. The smallest absolute Gasteiger partial charge is 0.254 e. The number of aromatic amines is 1. The summed E-state index contributed by atoms with van der Waals surface area (Å²) in [6.07, 6.45) is 4.12. The number of carbonyl (C=O) groups is 1. The van der Waals surface area contributed by atoms with Crippen LogP contribution >= 0.6 is 11.3 Å². The molecular weight excluding hydrogens is 520 g/mol. The zero-order valence-electron chi connectivity index (χ0n) is 23.1. The van der Waals surface area contributed by atoms with E-state index in [9.17, 15) is 4.79 Å². The first-order valence-electron chi connectivity index (χ1n) is 13.3. The number of carbonyl (C=O) groups excluding carboxylic acids is 1. The summed E-state index contributed by atoms with van der Waals surface area (Å²) < 4.78 is 6.22. The van der Waals surface area contributed by atoms with Crippen molar-refractivity contribution >= 4 is 28.9 Å². The molecule has 1 aliphatic rings. The standard InChI is InChI=1S/C31H34N6O2S/c1-20-19-40-28(35-20)27-11-8-14-37(27)29(38)25-16-23(15-24(17-25)26-12-13-34-36-26)21(2)39-30(33-4)31(3,32)18-22-9-6-5-7-10-22/h5-7,9-10,12-13,15-17,19,27H,2,8,11,14,18,32H2,1,3-4H3,(H,34,36)/b33-30-/t27-,31?/m1/s1. The number of rotatable bonds is 8. The first-order valence-corrected chi connectivity index (χ1v) is 14.2. The van der Waals surface area contributed by atoms with Crippen molar-refractivity contribution in [3.05, 3.63) is 100 Å². The highest BCUT2D eigenvalue weighted by molar-refractivity contribution is 7.09. The first-order chi connectivity index (χ1) is 19.2. The molecule has 1 unspecified atom stereocenters. The number of likely N-dealkylation sites (tertiary alicyclic amines) is 1. The van der Waals surface area contributed by atoms with Crippen LogP contribution in [0.25, 0.3) is 17.0 Å². The minimum absolute atomic E-state index is 0.0297. The molecule has 206 valence electrons. The Morgan fingerprint density at radius 1 is 1.25 bits per heavy atom. The van der Waals surface area contributed by atoms with Gasteiger partial charge in [-0.25, -0.2) is 4.98 Å². The molecule has 0 saturated carbocycles. The lowest BCUT2D eigenvalue weighted by molar-refractivity contribution is 0.0735. The Kier molecular flexibility index (Phi) is 7.95. The summed E-state index contributed by atoms with van der Waals surface area (Å²) in [6.45, 7) is 8.74. The van der Waals surface area contributed by atoms with Crippen LogP contribution in [0, 0.1) is 6.92 Å². The Labute approximate surface area is 238 Å². The minimum Gasteiger partial charge on any atom is -0.441 e. The third-order valence-electron chi connectivity index (χ3n) is 7.06. The summed E-state index contributed by atoms with van der Waals surface area (Å²) in [7, 11) is 1.65. The van der Waals surface area contributed by atoms with Crippen molar-refractivity contribution in [3.63, 3.8) is 0 Å². The maximum absolute atomic E-state index is 13.9. The second-order valence-corrected chi connectivity index (χ2v) is 11.3. The van der Waals surface area contributed by atoms with Gasteiger partial charge in [0, 0.05) is 47.6 Å². The highest BCUT2D eigenvalue weighted by Gasteiger charge is 2.33. The molecule has 0 spiro atoms. The van der Waals surface area contributed by atoms with E-state index in [0.29, 0.717) is 41.4 Å². The maximum Gasteiger partial charge on any atom is 0.254 e. The summed E-state index contributed by atoms with van der Waals surface area (Å²) >= 11 is 1.61. The van der Waals surface area contributed by atoms with E-state index in [0.717, 1.165) is 34.7 Å². The lowest BCUT2D eigenvalue weighted by atomic mass is 9.93. The van der Waals surface area contributed by atoms with Crippen LogP contribution in [0.2, 0.25) is 0 Å². The number of benzene rings is 2. The Morgan fingerprint density at radius 2 is 2.02 bits per heavy atom. The van der Waals surface area contributed by atoms with Crippen molar-refractivity contribution in [3.8, 4) is 11.3 Å². The van der Waals surface area contributed by atoms with Crippen molar-refractivity contribution in [2.24, 2.45) is 10.7 Å². The second kappa shape index (κ2) is 11.6. The molecule has 1 fully saturated rings. The Balaban J connectivity index is 1.44. The predicted molar refractivity (Wildman–Crippen MR) is 160 cm³/mol. The first kappa shape index (κ1) is 27.5. The second-order valence-electron chi connectivity index (χ2n) is 10.4. The fourth-order valence-electron chi connectivity index (χ4n) is 5.13. The molecule has 5 rings (SSSR count). The number of ether oxygens (including phenoxy) is 1. The average Bonchev–Trinajstić information content (AvgIpc) is 3.73. The molecule has 0 radical (unpaired) electrons. The molecule has 3 N–H and O–H groups in total. The number of aromatic nitrogens is 3.